The van der Waals surface area contributed by atoms with E-state index in [1.807, 2.05) is 43.1 Å². The molecular formula is C35H36N2O3. The SMILES string of the molecule is Cc1cccc(C#CC(=O)N(C)[C@@H]2CC[C@H]3[C@H]4Cc5ccc(O)c6c5[C@@]3(CCN4CCc3ccccc3)[C@H]2O6)c1. The Morgan fingerprint density at radius 3 is 2.80 bits per heavy atom. The molecule has 0 unspecified atom stereocenters. The smallest absolute Gasteiger partial charge is 0.298 e. The van der Waals surface area contributed by atoms with Crippen LogP contribution in [0.1, 0.15) is 47.1 Å². The molecule has 1 spiro atoms. The molecule has 4 aliphatic rings. The Kier molecular flexibility index (Phi) is 6.13. The first-order chi connectivity index (χ1) is 19.5. The number of rotatable bonds is 4. The summed E-state index contributed by atoms with van der Waals surface area (Å²) >= 11 is 0. The normalized spacial score (nSPS) is 27.6. The number of benzene rings is 3. The molecule has 0 aromatic heterocycles. The molecule has 3 aromatic carbocycles. The Balaban J connectivity index is 1.19. The number of carbonyl (C=O) groups excluding carboxylic acids is 1. The summed E-state index contributed by atoms with van der Waals surface area (Å²) in [6.45, 7) is 4.07. The van der Waals surface area contributed by atoms with Gasteiger partial charge >= 0.3 is 0 Å². The van der Waals surface area contributed by atoms with Gasteiger partial charge < -0.3 is 14.7 Å². The van der Waals surface area contributed by atoms with Gasteiger partial charge in [-0.3, -0.25) is 9.69 Å². The van der Waals surface area contributed by atoms with Crippen molar-refractivity contribution in [3.8, 4) is 23.3 Å². The Bertz CT molecular complexity index is 1520. The van der Waals surface area contributed by atoms with E-state index >= 15 is 0 Å². The van der Waals surface area contributed by atoms with Crippen LogP contribution in [0.3, 0.4) is 0 Å². The Morgan fingerprint density at radius 2 is 1.98 bits per heavy atom. The highest BCUT2D eigenvalue weighted by atomic mass is 16.5. The van der Waals surface area contributed by atoms with E-state index in [9.17, 15) is 9.90 Å². The summed E-state index contributed by atoms with van der Waals surface area (Å²) in [7, 11) is 1.87. The van der Waals surface area contributed by atoms with Crippen molar-refractivity contribution >= 4 is 5.91 Å². The summed E-state index contributed by atoms with van der Waals surface area (Å²) in [5, 5.41) is 10.9. The number of phenols is 1. The van der Waals surface area contributed by atoms with Crippen molar-refractivity contribution in [3.63, 3.8) is 0 Å². The Hall–Kier alpha value is -3.75. The van der Waals surface area contributed by atoms with Gasteiger partial charge in [0.2, 0.25) is 0 Å². The fourth-order valence-corrected chi connectivity index (χ4v) is 8.28. The lowest BCUT2D eigenvalue weighted by molar-refractivity contribution is -0.134. The second-order valence-corrected chi connectivity index (χ2v) is 12.1. The number of nitrogens with zero attached hydrogens (tertiary/aromatic N) is 2. The van der Waals surface area contributed by atoms with Crippen molar-refractivity contribution in [2.45, 2.75) is 62.6 Å². The summed E-state index contributed by atoms with van der Waals surface area (Å²) < 4.78 is 6.73. The van der Waals surface area contributed by atoms with Crippen LogP contribution in [-0.2, 0) is 23.1 Å². The van der Waals surface area contributed by atoms with Crippen LogP contribution in [0.15, 0.2) is 66.7 Å². The van der Waals surface area contributed by atoms with Crippen molar-refractivity contribution in [2.75, 3.05) is 20.1 Å². The zero-order valence-electron chi connectivity index (χ0n) is 23.3. The van der Waals surface area contributed by atoms with Gasteiger partial charge in [-0.15, -0.1) is 0 Å². The fourth-order valence-electron chi connectivity index (χ4n) is 8.28. The topological polar surface area (TPSA) is 53.0 Å². The molecule has 2 fully saturated rings. The number of aromatic hydroxyl groups is 1. The first-order valence-electron chi connectivity index (χ1n) is 14.6. The molecule has 0 radical (unpaired) electrons. The summed E-state index contributed by atoms with van der Waals surface area (Å²) in [6, 6.07) is 22.9. The highest BCUT2D eigenvalue weighted by Crippen LogP contribution is 2.64. The van der Waals surface area contributed by atoms with Gasteiger partial charge in [0.15, 0.2) is 11.5 Å². The minimum absolute atomic E-state index is 0.0928. The molecule has 2 aliphatic carbocycles. The van der Waals surface area contributed by atoms with Crippen LogP contribution < -0.4 is 4.74 Å². The number of hydrogen-bond acceptors (Lipinski definition) is 4. The number of likely N-dealkylation sites (tertiary alicyclic amines) is 1. The summed E-state index contributed by atoms with van der Waals surface area (Å²) in [5.41, 5.74) is 5.69. The van der Waals surface area contributed by atoms with Crippen molar-refractivity contribution in [3.05, 3.63) is 94.5 Å². The lowest BCUT2D eigenvalue weighted by Gasteiger charge is -2.60. The summed E-state index contributed by atoms with van der Waals surface area (Å²) in [4.78, 5) is 17.9. The largest absolute Gasteiger partial charge is 0.504 e. The van der Waals surface area contributed by atoms with Crippen molar-refractivity contribution in [1.82, 2.24) is 9.80 Å². The van der Waals surface area contributed by atoms with Gasteiger partial charge in [-0.2, -0.15) is 0 Å². The number of piperidine rings is 1. The second kappa shape index (κ2) is 9.71. The molecule has 3 aromatic rings. The minimum Gasteiger partial charge on any atom is -0.504 e. The number of phenolic OH excluding ortho intramolecular Hbond substituents is 1. The third kappa shape index (κ3) is 3.92. The molecule has 1 saturated heterocycles. The summed E-state index contributed by atoms with van der Waals surface area (Å²) in [5.74, 6) is 7.09. The molecule has 2 heterocycles. The van der Waals surface area contributed by atoms with E-state index in [1.165, 1.54) is 16.7 Å². The van der Waals surface area contributed by atoms with E-state index in [1.54, 1.807) is 6.07 Å². The van der Waals surface area contributed by atoms with Crippen LogP contribution in [0.5, 0.6) is 11.5 Å². The predicted octanol–water partition coefficient (Wildman–Crippen LogP) is 4.86. The van der Waals surface area contributed by atoms with E-state index in [4.69, 9.17) is 4.74 Å². The number of aryl methyl sites for hydroxylation is 1. The molecule has 1 amide bonds. The molecular weight excluding hydrogens is 496 g/mol. The number of hydrogen-bond donors (Lipinski definition) is 1. The van der Waals surface area contributed by atoms with Crippen LogP contribution in [0, 0.1) is 24.7 Å². The lowest BCUT2D eigenvalue weighted by Crippen LogP contribution is -2.69. The van der Waals surface area contributed by atoms with E-state index in [-0.39, 0.29) is 29.2 Å². The Labute approximate surface area is 236 Å². The predicted molar refractivity (Wildman–Crippen MR) is 155 cm³/mol. The van der Waals surface area contributed by atoms with E-state index in [2.05, 4.69) is 53.1 Å². The zero-order valence-corrected chi connectivity index (χ0v) is 23.3. The number of carbonyl (C=O) groups is 1. The lowest BCUT2D eigenvalue weighted by atomic mass is 9.51. The first-order valence-corrected chi connectivity index (χ1v) is 14.6. The van der Waals surface area contributed by atoms with Gasteiger partial charge in [0.25, 0.3) is 5.91 Å². The number of likely N-dealkylation sites (N-methyl/N-ethyl adjacent to an activating group) is 1. The molecule has 1 N–H and O–H groups in total. The molecule has 5 nitrogen and oxygen atoms in total. The zero-order chi connectivity index (χ0) is 27.4. The fraction of sp³-hybridized carbons (Fsp3) is 0.400. The maximum Gasteiger partial charge on any atom is 0.298 e. The van der Waals surface area contributed by atoms with E-state index in [0.29, 0.717) is 17.7 Å². The van der Waals surface area contributed by atoms with Gasteiger partial charge in [-0.25, -0.2) is 0 Å². The maximum atomic E-state index is 13.4. The summed E-state index contributed by atoms with van der Waals surface area (Å²) in [6.07, 6.45) is 4.74. The molecule has 7 rings (SSSR count). The van der Waals surface area contributed by atoms with Crippen LogP contribution in [0.4, 0.5) is 0 Å². The van der Waals surface area contributed by atoms with Gasteiger partial charge in [-0.1, -0.05) is 54.5 Å². The molecule has 2 aliphatic heterocycles. The quantitative estimate of drug-likeness (QED) is 0.488. The first kappa shape index (κ1) is 25.2. The second-order valence-electron chi connectivity index (χ2n) is 12.1. The highest BCUT2D eigenvalue weighted by Gasteiger charge is 2.66. The van der Waals surface area contributed by atoms with Crippen molar-refractivity contribution < 1.29 is 14.6 Å². The van der Waals surface area contributed by atoms with Crippen molar-refractivity contribution in [1.29, 1.82) is 0 Å². The maximum absolute atomic E-state index is 13.4. The molecule has 2 bridgehead atoms. The van der Waals surface area contributed by atoms with Crippen LogP contribution in [0.25, 0.3) is 0 Å². The van der Waals surface area contributed by atoms with Gasteiger partial charge in [0, 0.05) is 42.1 Å². The highest BCUT2D eigenvalue weighted by molar-refractivity contribution is 5.94. The minimum atomic E-state index is -0.184. The average molecular weight is 533 g/mol. The third-order valence-electron chi connectivity index (χ3n) is 10.1. The molecule has 5 atom stereocenters. The standard InChI is InChI=1S/C35H36N2O3/c1-23-7-6-10-25(21-23)11-16-31(39)36(2)28-14-13-27-29-22-26-12-15-30(38)33-32(26)35(27,34(28)40-33)18-20-37(29)19-17-24-8-4-3-5-9-24/h3-10,12,15,21,27-29,34,38H,13-14,17-20,22H2,1-2H3/t27-,28+,29+,34-,35-/m0/s1. The van der Waals surface area contributed by atoms with Crippen LogP contribution >= 0.6 is 0 Å². The van der Waals surface area contributed by atoms with Crippen LogP contribution in [-0.4, -0.2) is 59.1 Å². The Morgan fingerprint density at radius 1 is 1.12 bits per heavy atom. The third-order valence-corrected chi connectivity index (χ3v) is 10.1. The number of amides is 1. The molecule has 1 saturated carbocycles. The number of ether oxygens (including phenoxy) is 1. The van der Waals surface area contributed by atoms with Gasteiger partial charge in [0.1, 0.15) is 6.10 Å². The molecule has 5 heteroatoms. The molecule has 204 valence electrons. The van der Waals surface area contributed by atoms with Gasteiger partial charge in [-0.05, 0) is 86.4 Å². The van der Waals surface area contributed by atoms with E-state index in [0.717, 1.165) is 56.3 Å². The monoisotopic (exact) mass is 532 g/mol. The van der Waals surface area contributed by atoms with Crippen LogP contribution in [0.2, 0.25) is 0 Å². The van der Waals surface area contributed by atoms with Crippen molar-refractivity contribution in [2.24, 2.45) is 5.92 Å². The van der Waals surface area contributed by atoms with Gasteiger partial charge in [0.05, 0.1) is 6.04 Å². The molecule has 40 heavy (non-hydrogen) atoms. The van der Waals surface area contributed by atoms with E-state index < -0.39 is 0 Å². The average Bonchev–Trinajstić information content (AvgIpc) is 3.32.